The fraction of sp³-hybridized carbons (Fsp3) is 1.00. The summed E-state index contributed by atoms with van der Waals surface area (Å²) in [5.41, 5.74) is 0. The van der Waals surface area contributed by atoms with Crippen LogP contribution in [0, 0.1) is 0 Å². The molecule has 0 saturated carbocycles. The average Bonchev–Trinajstić information content (AvgIpc) is 1.79. The molecule has 0 aromatic rings. The zero-order chi connectivity index (χ0) is 6.53. The Hall–Kier alpha value is -0.120. The Bertz CT molecular complexity index is 69.5. The molecule has 1 saturated heterocycles. The first kappa shape index (κ1) is 6.99. The Morgan fingerprint density at radius 1 is 1.22 bits per heavy atom. The van der Waals surface area contributed by atoms with E-state index in [1.54, 1.807) is 0 Å². The number of nitrogens with zero attached hydrogens (tertiary/aromatic N) is 1. The fourth-order valence-electron chi connectivity index (χ4n) is 1.01. The van der Waals surface area contributed by atoms with Crippen molar-refractivity contribution < 1.29 is 5.21 Å². The number of hydroxylamine groups is 2. The van der Waals surface area contributed by atoms with Crippen molar-refractivity contribution in [1.82, 2.24) is 10.4 Å². The van der Waals surface area contributed by atoms with Crippen LogP contribution in [0.15, 0.2) is 0 Å². The standard InChI is InChI=1S/C6H14N2O/c9-8-5-3-1-2-4-7-6-8/h7,9H,1-6H2. The normalized spacial score (nSPS) is 25.0. The summed E-state index contributed by atoms with van der Waals surface area (Å²) in [5.74, 6) is 0. The third kappa shape index (κ3) is 2.79. The van der Waals surface area contributed by atoms with Gasteiger partial charge in [-0.15, -0.1) is 0 Å². The molecule has 0 radical (unpaired) electrons. The van der Waals surface area contributed by atoms with Gasteiger partial charge in [0, 0.05) is 6.54 Å². The van der Waals surface area contributed by atoms with Gasteiger partial charge in [-0.3, -0.25) is 0 Å². The molecule has 54 valence electrons. The lowest BCUT2D eigenvalue weighted by molar-refractivity contribution is -0.0998. The zero-order valence-corrected chi connectivity index (χ0v) is 5.64. The molecule has 0 unspecified atom stereocenters. The monoisotopic (exact) mass is 130 g/mol. The fourth-order valence-corrected chi connectivity index (χ4v) is 1.01. The highest BCUT2D eigenvalue weighted by Gasteiger charge is 2.01. The Labute approximate surface area is 55.6 Å². The van der Waals surface area contributed by atoms with Crippen molar-refractivity contribution in [2.75, 3.05) is 19.8 Å². The third-order valence-electron chi connectivity index (χ3n) is 1.56. The van der Waals surface area contributed by atoms with Crippen LogP contribution < -0.4 is 5.32 Å². The van der Waals surface area contributed by atoms with Gasteiger partial charge in [0.25, 0.3) is 0 Å². The Balaban J connectivity index is 2.12. The number of hydrogen-bond acceptors (Lipinski definition) is 3. The molecule has 0 bridgehead atoms. The number of rotatable bonds is 0. The lowest BCUT2D eigenvalue weighted by Gasteiger charge is -2.17. The summed E-state index contributed by atoms with van der Waals surface area (Å²) in [6.45, 7) is 2.48. The summed E-state index contributed by atoms with van der Waals surface area (Å²) in [4.78, 5) is 0. The summed E-state index contributed by atoms with van der Waals surface area (Å²) < 4.78 is 0. The second-order valence-corrected chi connectivity index (χ2v) is 2.45. The van der Waals surface area contributed by atoms with Crippen LogP contribution in [0.5, 0.6) is 0 Å². The van der Waals surface area contributed by atoms with Gasteiger partial charge >= 0.3 is 0 Å². The van der Waals surface area contributed by atoms with E-state index in [4.69, 9.17) is 5.21 Å². The second-order valence-electron chi connectivity index (χ2n) is 2.45. The van der Waals surface area contributed by atoms with Gasteiger partial charge in [0.1, 0.15) is 0 Å². The van der Waals surface area contributed by atoms with Crippen molar-refractivity contribution in [3.8, 4) is 0 Å². The third-order valence-corrected chi connectivity index (χ3v) is 1.56. The molecule has 3 heteroatoms. The smallest absolute Gasteiger partial charge is 0.0729 e. The Kier molecular flexibility index (Phi) is 2.97. The van der Waals surface area contributed by atoms with Gasteiger partial charge in [0.2, 0.25) is 0 Å². The maximum Gasteiger partial charge on any atom is 0.0729 e. The molecule has 1 aliphatic heterocycles. The number of nitrogens with one attached hydrogen (secondary N) is 1. The molecule has 1 aliphatic rings. The first-order chi connectivity index (χ1) is 4.39. The highest BCUT2D eigenvalue weighted by molar-refractivity contribution is 4.53. The quantitative estimate of drug-likeness (QED) is 0.498. The van der Waals surface area contributed by atoms with Gasteiger partial charge in [-0.25, -0.2) is 0 Å². The van der Waals surface area contributed by atoms with Crippen LogP contribution in [0.4, 0.5) is 0 Å². The molecule has 9 heavy (non-hydrogen) atoms. The molecule has 2 N–H and O–H groups in total. The van der Waals surface area contributed by atoms with E-state index in [1.807, 2.05) is 0 Å². The van der Waals surface area contributed by atoms with Crippen LogP contribution in [-0.2, 0) is 0 Å². The molecule has 0 atom stereocenters. The molecule has 1 rings (SSSR count). The molecule has 0 spiro atoms. The maximum absolute atomic E-state index is 8.98. The minimum atomic E-state index is 0.625. The van der Waals surface area contributed by atoms with Crippen LogP contribution in [0.3, 0.4) is 0 Å². The van der Waals surface area contributed by atoms with Gasteiger partial charge in [-0.2, -0.15) is 5.06 Å². The summed E-state index contributed by atoms with van der Waals surface area (Å²) in [5, 5.41) is 13.4. The van der Waals surface area contributed by atoms with E-state index >= 15 is 0 Å². The molecule has 0 aliphatic carbocycles. The molecule has 1 heterocycles. The summed E-state index contributed by atoms with van der Waals surface area (Å²) in [7, 11) is 0. The molecule has 3 nitrogen and oxygen atoms in total. The second kappa shape index (κ2) is 3.82. The van der Waals surface area contributed by atoms with Crippen molar-refractivity contribution in [2.45, 2.75) is 19.3 Å². The first-order valence-corrected chi connectivity index (χ1v) is 3.54. The van der Waals surface area contributed by atoms with Crippen LogP contribution in [-0.4, -0.2) is 30.0 Å². The minimum absolute atomic E-state index is 0.625. The van der Waals surface area contributed by atoms with E-state index in [-0.39, 0.29) is 0 Å². The molecule has 0 aromatic carbocycles. The SMILES string of the molecule is ON1CCCCCNC1. The predicted octanol–water partition coefficient (Wildman–Crippen LogP) is 0.409. The van der Waals surface area contributed by atoms with Crippen molar-refractivity contribution >= 4 is 0 Å². The largest absolute Gasteiger partial charge is 0.313 e. The highest BCUT2D eigenvalue weighted by atomic mass is 16.5. The van der Waals surface area contributed by atoms with Gasteiger partial charge in [-0.1, -0.05) is 6.42 Å². The van der Waals surface area contributed by atoms with E-state index in [0.29, 0.717) is 6.67 Å². The maximum atomic E-state index is 8.98. The predicted molar refractivity (Wildman–Crippen MR) is 35.2 cm³/mol. The van der Waals surface area contributed by atoms with E-state index in [9.17, 15) is 0 Å². The lowest BCUT2D eigenvalue weighted by Crippen LogP contribution is -2.34. The molecule has 1 fully saturated rings. The molecular weight excluding hydrogens is 116 g/mol. The van der Waals surface area contributed by atoms with Crippen molar-refractivity contribution in [3.05, 3.63) is 0 Å². The van der Waals surface area contributed by atoms with Gasteiger partial charge in [0.05, 0.1) is 6.67 Å². The highest BCUT2D eigenvalue weighted by Crippen LogP contribution is 1.98. The van der Waals surface area contributed by atoms with E-state index in [0.717, 1.165) is 19.5 Å². The number of hydrogen-bond donors (Lipinski definition) is 2. The van der Waals surface area contributed by atoms with Crippen molar-refractivity contribution in [1.29, 1.82) is 0 Å². The topological polar surface area (TPSA) is 35.5 Å². The summed E-state index contributed by atoms with van der Waals surface area (Å²) in [6.07, 6.45) is 3.59. The first-order valence-electron chi connectivity index (χ1n) is 3.54. The zero-order valence-electron chi connectivity index (χ0n) is 5.64. The van der Waals surface area contributed by atoms with Crippen LogP contribution in [0.25, 0.3) is 0 Å². The van der Waals surface area contributed by atoms with Crippen molar-refractivity contribution in [2.24, 2.45) is 0 Å². The van der Waals surface area contributed by atoms with Crippen LogP contribution >= 0.6 is 0 Å². The van der Waals surface area contributed by atoms with Gasteiger partial charge in [0.15, 0.2) is 0 Å². The summed E-state index contributed by atoms with van der Waals surface area (Å²) in [6, 6.07) is 0. The molecule has 0 amide bonds. The average molecular weight is 130 g/mol. The van der Waals surface area contributed by atoms with Crippen LogP contribution in [0.1, 0.15) is 19.3 Å². The lowest BCUT2D eigenvalue weighted by atomic mass is 10.2. The minimum Gasteiger partial charge on any atom is -0.313 e. The van der Waals surface area contributed by atoms with E-state index < -0.39 is 0 Å². The van der Waals surface area contributed by atoms with E-state index in [2.05, 4.69) is 5.32 Å². The summed E-state index contributed by atoms with van der Waals surface area (Å²) >= 11 is 0. The van der Waals surface area contributed by atoms with E-state index in [1.165, 1.54) is 17.9 Å². The van der Waals surface area contributed by atoms with Gasteiger partial charge in [-0.05, 0) is 19.4 Å². The molecule has 0 aromatic heterocycles. The van der Waals surface area contributed by atoms with Crippen LogP contribution in [0.2, 0.25) is 0 Å². The Morgan fingerprint density at radius 3 is 3.00 bits per heavy atom. The van der Waals surface area contributed by atoms with Crippen molar-refractivity contribution in [3.63, 3.8) is 0 Å². The molecular formula is C6H14N2O. The van der Waals surface area contributed by atoms with Gasteiger partial charge < -0.3 is 10.5 Å². The Morgan fingerprint density at radius 2 is 2.11 bits per heavy atom.